The molecular formula is C7H9BrF6. The highest BCUT2D eigenvalue weighted by Crippen LogP contribution is 2.49. The summed E-state index contributed by atoms with van der Waals surface area (Å²) in [6, 6.07) is 0. The first-order valence-corrected chi connectivity index (χ1v) is 4.74. The third-order valence-corrected chi connectivity index (χ3v) is 3.23. The molecule has 0 aromatic rings. The van der Waals surface area contributed by atoms with E-state index in [1.807, 2.05) is 0 Å². The highest BCUT2D eigenvalue weighted by molar-refractivity contribution is 9.09. The highest BCUT2D eigenvalue weighted by Gasteiger charge is 2.62. The van der Waals surface area contributed by atoms with E-state index in [1.54, 1.807) is 0 Å². The fraction of sp³-hybridized carbons (Fsp3) is 1.00. The second-order valence-corrected chi connectivity index (χ2v) is 4.20. The predicted octanol–water partition coefficient (Wildman–Crippen LogP) is 4.15. The molecule has 0 bridgehead atoms. The van der Waals surface area contributed by atoms with E-state index >= 15 is 0 Å². The lowest BCUT2D eigenvalue weighted by Gasteiger charge is -2.35. The summed E-state index contributed by atoms with van der Waals surface area (Å²) in [4.78, 5) is 0. The topological polar surface area (TPSA) is 0 Å². The molecule has 86 valence electrons. The van der Waals surface area contributed by atoms with Crippen LogP contribution in [-0.2, 0) is 0 Å². The molecule has 0 saturated heterocycles. The SMILES string of the molecule is CC(C)(CBr)C(C(F)(F)F)C(F)(F)F. The van der Waals surface area contributed by atoms with E-state index in [9.17, 15) is 26.3 Å². The Balaban J connectivity index is 5.14. The first-order valence-electron chi connectivity index (χ1n) is 3.62. The molecule has 0 aromatic heterocycles. The van der Waals surface area contributed by atoms with Crippen molar-refractivity contribution in [2.75, 3.05) is 5.33 Å². The van der Waals surface area contributed by atoms with Crippen LogP contribution in [0.3, 0.4) is 0 Å². The second-order valence-electron chi connectivity index (χ2n) is 3.64. The number of hydrogen-bond donors (Lipinski definition) is 0. The lowest BCUT2D eigenvalue weighted by Crippen LogP contribution is -2.47. The third-order valence-electron chi connectivity index (χ3n) is 1.78. The monoisotopic (exact) mass is 286 g/mol. The van der Waals surface area contributed by atoms with E-state index < -0.39 is 23.7 Å². The van der Waals surface area contributed by atoms with Gasteiger partial charge in [0.25, 0.3) is 0 Å². The predicted molar refractivity (Wildman–Crippen MR) is 43.2 cm³/mol. The van der Waals surface area contributed by atoms with Gasteiger partial charge in [-0.25, -0.2) is 0 Å². The molecule has 0 atom stereocenters. The molecule has 0 rings (SSSR count). The summed E-state index contributed by atoms with van der Waals surface area (Å²) < 4.78 is 72.9. The number of hydrogen-bond acceptors (Lipinski definition) is 0. The first-order chi connectivity index (χ1) is 5.93. The lowest BCUT2D eigenvalue weighted by atomic mass is 9.79. The van der Waals surface area contributed by atoms with Gasteiger partial charge in [-0.05, 0) is 5.41 Å². The summed E-state index contributed by atoms with van der Waals surface area (Å²) in [5, 5.41) is -0.371. The van der Waals surface area contributed by atoms with Gasteiger partial charge in [0.05, 0.1) is 0 Å². The normalized spacial score (nSPS) is 15.0. The van der Waals surface area contributed by atoms with Gasteiger partial charge in [-0.1, -0.05) is 29.8 Å². The van der Waals surface area contributed by atoms with Gasteiger partial charge < -0.3 is 0 Å². The number of alkyl halides is 7. The molecule has 7 heteroatoms. The van der Waals surface area contributed by atoms with Crippen molar-refractivity contribution < 1.29 is 26.3 Å². The smallest absolute Gasteiger partial charge is 0.170 e. The van der Waals surface area contributed by atoms with Crippen molar-refractivity contribution >= 4 is 15.9 Å². The van der Waals surface area contributed by atoms with Crippen LogP contribution >= 0.6 is 15.9 Å². The van der Waals surface area contributed by atoms with Crippen LogP contribution in [0.15, 0.2) is 0 Å². The average Bonchev–Trinajstić information content (AvgIpc) is 1.79. The molecule has 0 amide bonds. The average molecular weight is 287 g/mol. The number of rotatable bonds is 2. The quantitative estimate of drug-likeness (QED) is 0.528. The zero-order chi connectivity index (χ0) is 11.8. The molecule has 0 aromatic carbocycles. The molecule has 0 radical (unpaired) electrons. The molecular weight excluding hydrogens is 278 g/mol. The van der Waals surface area contributed by atoms with E-state index in [1.165, 1.54) is 0 Å². The van der Waals surface area contributed by atoms with Crippen molar-refractivity contribution in [2.24, 2.45) is 11.3 Å². The molecule has 0 fully saturated rings. The molecule has 0 saturated carbocycles. The molecule has 0 unspecified atom stereocenters. The number of halogens is 7. The Morgan fingerprint density at radius 2 is 1.21 bits per heavy atom. The van der Waals surface area contributed by atoms with Gasteiger partial charge in [0.2, 0.25) is 0 Å². The van der Waals surface area contributed by atoms with Gasteiger partial charge in [0.1, 0.15) is 0 Å². The van der Waals surface area contributed by atoms with Crippen molar-refractivity contribution in [1.29, 1.82) is 0 Å². The van der Waals surface area contributed by atoms with Gasteiger partial charge in [-0.15, -0.1) is 0 Å². The Hall–Kier alpha value is 0.0600. The largest absolute Gasteiger partial charge is 0.401 e. The molecule has 0 heterocycles. The van der Waals surface area contributed by atoms with E-state index in [0.29, 0.717) is 0 Å². The Morgan fingerprint density at radius 1 is 0.929 bits per heavy atom. The Morgan fingerprint density at radius 3 is 1.29 bits per heavy atom. The molecule has 0 N–H and O–H groups in total. The summed E-state index contributed by atoms with van der Waals surface area (Å²) in [5.74, 6) is -3.30. The highest BCUT2D eigenvalue weighted by atomic mass is 79.9. The first kappa shape index (κ1) is 14.1. The standard InChI is InChI=1S/C7H9BrF6/c1-5(2,3-8)4(6(9,10)11)7(12,13)14/h4H,3H2,1-2H3. The molecule has 0 aliphatic rings. The molecule has 0 spiro atoms. The summed E-state index contributed by atoms with van der Waals surface area (Å²) >= 11 is 2.66. The van der Waals surface area contributed by atoms with Crippen LogP contribution in [0.5, 0.6) is 0 Å². The zero-order valence-corrected chi connectivity index (χ0v) is 9.02. The third kappa shape index (κ3) is 3.33. The summed E-state index contributed by atoms with van der Waals surface area (Å²) in [7, 11) is 0. The van der Waals surface area contributed by atoms with Gasteiger partial charge in [0.15, 0.2) is 5.92 Å². The second kappa shape index (κ2) is 3.90. The summed E-state index contributed by atoms with van der Waals surface area (Å²) in [5.41, 5.74) is -1.91. The van der Waals surface area contributed by atoms with E-state index in [4.69, 9.17) is 0 Å². The van der Waals surface area contributed by atoms with Gasteiger partial charge in [-0.3, -0.25) is 0 Å². The van der Waals surface area contributed by atoms with Crippen LogP contribution in [0.2, 0.25) is 0 Å². The minimum Gasteiger partial charge on any atom is -0.170 e. The Bertz CT molecular complexity index is 177. The zero-order valence-electron chi connectivity index (χ0n) is 7.43. The maximum absolute atomic E-state index is 12.2. The van der Waals surface area contributed by atoms with Crippen molar-refractivity contribution in [2.45, 2.75) is 26.2 Å². The van der Waals surface area contributed by atoms with E-state index in [2.05, 4.69) is 15.9 Å². The van der Waals surface area contributed by atoms with E-state index in [-0.39, 0.29) is 5.33 Å². The summed E-state index contributed by atoms with van der Waals surface area (Å²) in [6.07, 6.45) is -10.5. The van der Waals surface area contributed by atoms with Gasteiger partial charge >= 0.3 is 12.4 Å². The van der Waals surface area contributed by atoms with Crippen LogP contribution < -0.4 is 0 Å². The van der Waals surface area contributed by atoms with E-state index in [0.717, 1.165) is 13.8 Å². The van der Waals surface area contributed by atoms with Crippen LogP contribution in [0.25, 0.3) is 0 Å². The maximum atomic E-state index is 12.2. The van der Waals surface area contributed by atoms with Crippen molar-refractivity contribution in [1.82, 2.24) is 0 Å². The van der Waals surface area contributed by atoms with Gasteiger partial charge in [0, 0.05) is 5.33 Å². The van der Waals surface area contributed by atoms with Crippen molar-refractivity contribution in [3.63, 3.8) is 0 Å². The van der Waals surface area contributed by atoms with Crippen molar-refractivity contribution in [3.05, 3.63) is 0 Å². The fourth-order valence-electron chi connectivity index (χ4n) is 1.15. The molecule has 14 heavy (non-hydrogen) atoms. The Kier molecular flexibility index (Phi) is 3.92. The maximum Gasteiger partial charge on any atom is 0.401 e. The Labute approximate surface area is 85.8 Å². The van der Waals surface area contributed by atoms with Gasteiger partial charge in [-0.2, -0.15) is 26.3 Å². The van der Waals surface area contributed by atoms with Crippen LogP contribution in [0.1, 0.15) is 13.8 Å². The fourth-order valence-corrected chi connectivity index (χ4v) is 1.47. The molecule has 0 aliphatic heterocycles. The van der Waals surface area contributed by atoms with Crippen LogP contribution in [0.4, 0.5) is 26.3 Å². The van der Waals surface area contributed by atoms with Crippen molar-refractivity contribution in [3.8, 4) is 0 Å². The minimum absolute atomic E-state index is 0.371. The summed E-state index contributed by atoms with van der Waals surface area (Å²) in [6.45, 7) is 1.85. The van der Waals surface area contributed by atoms with Crippen LogP contribution in [0, 0.1) is 11.3 Å². The lowest BCUT2D eigenvalue weighted by molar-refractivity contribution is -0.308. The minimum atomic E-state index is -5.27. The molecule has 0 nitrogen and oxygen atoms in total. The van der Waals surface area contributed by atoms with Crippen LogP contribution in [-0.4, -0.2) is 17.7 Å². The molecule has 0 aliphatic carbocycles.